The molecule has 1 aromatic rings. The van der Waals surface area contributed by atoms with Gasteiger partial charge in [0.15, 0.2) is 5.69 Å². The lowest BCUT2D eigenvalue weighted by Gasteiger charge is -2.35. The zero-order chi connectivity index (χ0) is 19.1. The van der Waals surface area contributed by atoms with Gasteiger partial charge < -0.3 is 14.9 Å². The number of nitrogens with zero attached hydrogens (tertiary/aromatic N) is 5. The van der Waals surface area contributed by atoms with Crippen molar-refractivity contribution in [2.24, 2.45) is 0 Å². The number of aromatic nitrogens is 3. The largest absolute Gasteiger partial charge is 0.395 e. The molecule has 0 saturated carbocycles. The third kappa shape index (κ3) is 5.64. The average molecular weight is 364 g/mol. The predicted octanol–water partition coefficient (Wildman–Crippen LogP) is 2.11. The lowest BCUT2D eigenvalue weighted by Crippen LogP contribution is -2.40. The highest BCUT2D eigenvalue weighted by Gasteiger charge is 2.25. The highest BCUT2D eigenvalue weighted by molar-refractivity contribution is 5.91. The summed E-state index contributed by atoms with van der Waals surface area (Å²) >= 11 is 0. The molecule has 0 unspecified atom stereocenters. The number of likely N-dealkylation sites (tertiary alicyclic amines) is 1. The van der Waals surface area contributed by atoms with E-state index in [9.17, 15) is 4.79 Å². The van der Waals surface area contributed by atoms with Gasteiger partial charge in [-0.25, -0.2) is 4.68 Å². The molecule has 1 amide bonds. The summed E-state index contributed by atoms with van der Waals surface area (Å²) in [4.78, 5) is 16.2. The van der Waals surface area contributed by atoms with Crippen LogP contribution in [0.5, 0.6) is 0 Å². The van der Waals surface area contributed by atoms with Crippen molar-refractivity contribution in [3.8, 4) is 0 Å². The second kappa shape index (κ2) is 9.83. The molecular formula is C19H33N5O2. The maximum absolute atomic E-state index is 12.2. The summed E-state index contributed by atoms with van der Waals surface area (Å²) in [6.07, 6.45) is 8.43. The quantitative estimate of drug-likeness (QED) is 0.716. The molecule has 7 heteroatoms. The Labute approximate surface area is 156 Å². The number of hydrogen-bond acceptors (Lipinski definition) is 5. The van der Waals surface area contributed by atoms with E-state index in [-0.39, 0.29) is 12.5 Å². The Morgan fingerprint density at radius 3 is 2.73 bits per heavy atom. The van der Waals surface area contributed by atoms with E-state index in [0.717, 1.165) is 32.4 Å². The molecule has 7 nitrogen and oxygen atoms in total. The zero-order valence-electron chi connectivity index (χ0n) is 16.6. The molecule has 0 aliphatic carbocycles. The van der Waals surface area contributed by atoms with Crippen molar-refractivity contribution in [3.05, 3.63) is 23.5 Å². The summed E-state index contributed by atoms with van der Waals surface area (Å²) in [7, 11) is 1.66. The molecule has 1 aliphatic heterocycles. The van der Waals surface area contributed by atoms with E-state index in [0.29, 0.717) is 24.3 Å². The van der Waals surface area contributed by atoms with Crippen LogP contribution in [0.25, 0.3) is 0 Å². The Hall–Kier alpha value is -1.73. The molecule has 0 radical (unpaired) electrons. The third-order valence-corrected chi connectivity index (χ3v) is 5.15. The van der Waals surface area contributed by atoms with Gasteiger partial charge >= 0.3 is 0 Å². The molecule has 26 heavy (non-hydrogen) atoms. The first kappa shape index (κ1) is 20.6. The van der Waals surface area contributed by atoms with Gasteiger partial charge in [-0.1, -0.05) is 16.9 Å². The fourth-order valence-electron chi connectivity index (χ4n) is 3.39. The van der Waals surface area contributed by atoms with Crippen molar-refractivity contribution in [3.63, 3.8) is 0 Å². The van der Waals surface area contributed by atoms with E-state index >= 15 is 0 Å². The van der Waals surface area contributed by atoms with Crippen molar-refractivity contribution in [2.45, 2.75) is 58.5 Å². The number of aliphatic hydroxyl groups excluding tert-OH is 1. The first-order valence-corrected chi connectivity index (χ1v) is 9.58. The van der Waals surface area contributed by atoms with Crippen molar-refractivity contribution in [2.75, 3.05) is 33.3 Å². The summed E-state index contributed by atoms with van der Waals surface area (Å²) in [5.74, 6) is -0.198. The highest BCUT2D eigenvalue weighted by Crippen LogP contribution is 2.24. The Bertz CT molecular complexity index is 601. The monoisotopic (exact) mass is 363 g/mol. The molecule has 1 N–H and O–H groups in total. The van der Waals surface area contributed by atoms with Crippen LogP contribution in [0.15, 0.2) is 17.8 Å². The predicted molar refractivity (Wildman–Crippen MR) is 102 cm³/mol. The van der Waals surface area contributed by atoms with Gasteiger partial charge in [-0.15, -0.1) is 5.10 Å². The summed E-state index contributed by atoms with van der Waals surface area (Å²) in [5, 5.41) is 17.1. The number of aliphatic hydroxyl groups is 1. The van der Waals surface area contributed by atoms with Crippen molar-refractivity contribution >= 4 is 5.91 Å². The van der Waals surface area contributed by atoms with Crippen molar-refractivity contribution in [1.29, 1.82) is 0 Å². The Morgan fingerprint density at radius 1 is 1.42 bits per heavy atom. The molecule has 0 aromatic carbocycles. The molecule has 146 valence electrons. The van der Waals surface area contributed by atoms with E-state index in [1.54, 1.807) is 13.2 Å². The maximum atomic E-state index is 12.2. The summed E-state index contributed by atoms with van der Waals surface area (Å²) in [6, 6.07) is 0.889. The molecule has 1 atom stereocenters. The van der Waals surface area contributed by atoms with Crippen LogP contribution in [0.1, 0.15) is 63.0 Å². The fourth-order valence-corrected chi connectivity index (χ4v) is 3.39. The Kier molecular flexibility index (Phi) is 7.78. The van der Waals surface area contributed by atoms with Gasteiger partial charge in [-0.3, -0.25) is 4.79 Å². The number of carbonyl (C=O) groups is 1. The van der Waals surface area contributed by atoms with Gasteiger partial charge in [0.05, 0.1) is 18.8 Å². The molecule has 1 fully saturated rings. The Morgan fingerprint density at radius 2 is 2.12 bits per heavy atom. The third-order valence-electron chi connectivity index (χ3n) is 5.15. The number of carbonyl (C=O) groups excluding carboxylic acids is 1. The topological polar surface area (TPSA) is 74.5 Å². The van der Waals surface area contributed by atoms with Gasteiger partial charge in [0, 0.05) is 32.7 Å². The molecule has 0 spiro atoms. The van der Waals surface area contributed by atoms with E-state index in [1.807, 2.05) is 4.68 Å². The maximum Gasteiger partial charge on any atom is 0.275 e. The molecule has 1 saturated heterocycles. The van der Waals surface area contributed by atoms with Gasteiger partial charge in [0.1, 0.15) is 0 Å². The van der Waals surface area contributed by atoms with Crippen LogP contribution in [0.2, 0.25) is 0 Å². The van der Waals surface area contributed by atoms with Gasteiger partial charge in [0.25, 0.3) is 5.91 Å². The molecular weight excluding hydrogens is 330 g/mol. The molecule has 0 bridgehead atoms. The van der Waals surface area contributed by atoms with Crippen LogP contribution in [-0.2, 0) is 0 Å². The SMILES string of the molecule is CC(C)=CCC[C@@H](C)N1CCC(n2cc(C(=O)N(C)CCO)nn2)CC1. The van der Waals surface area contributed by atoms with Gasteiger partial charge in [-0.2, -0.15) is 0 Å². The molecule has 2 rings (SSSR count). The van der Waals surface area contributed by atoms with Crippen molar-refractivity contribution < 1.29 is 9.90 Å². The lowest BCUT2D eigenvalue weighted by atomic mass is 10.0. The summed E-state index contributed by atoms with van der Waals surface area (Å²) in [5.41, 5.74) is 1.73. The van der Waals surface area contributed by atoms with E-state index < -0.39 is 0 Å². The number of piperidine rings is 1. The van der Waals surface area contributed by atoms with Crippen LogP contribution in [0.4, 0.5) is 0 Å². The minimum Gasteiger partial charge on any atom is -0.395 e. The van der Waals surface area contributed by atoms with Crippen LogP contribution >= 0.6 is 0 Å². The smallest absolute Gasteiger partial charge is 0.275 e. The minimum atomic E-state index is -0.198. The number of likely N-dealkylation sites (N-methyl/N-ethyl adjacent to an activating group) is 1. The second-order valence-corrected chi connectivity index (χ2v) is 7.51. The number of amides is 1. The standard InChI is InChI=1S/C19H33N5O2/c1-15(2)6-5-7-16(3)23-10-8-17(9-11-23)24-14-18(20-21-24)19(26)22(4)12-13-25/h6,14,16-17,25H,5,7-13H2,1-4H3/t16-/m1/s1. The first-order chi connectivity index (χ1) is 12.4. The normalized spacial score (nSPS) is 17.1. The minimum absolute atomic E-state index is 0.0549. The van der Waals surface area contributed by atoms with Crippen LogP contribution in [-0.4, -0.2) is 75.1 Å². The molecule has 2 heterocycles. The number of allylic oxidation sites excluding steroid dienone is 2. The Balaban J connectivity index is 1.84. The van der Waals surface area contributed by atoms with Crippen LogP contribution in [0.3, 0.4) is 0 Å². The van der Waals surface area contributed by atoms with Gasteiger partial charge in [0.2, 0.25) is 0 Å². The lowest BCUT2D eigenvalue weighted by molar-refractivity contribution is 0.0761. The molecule has 1 aromatic heterocycles. The van der Waals surface area contributed by atoms with Crippen molar-refractivity contribution in [1.82, 2.24) is 24.8 Å². The van der Waals surface area contributed by atoms with Crippen LogP contribution < -0.4 is 0 Å². The second-order valence-electron chi connectivity index (χ2n) is 7.51. The fraction of sp³-hybridized carbons (Fsp3) is 0.737. The van der Waals surface area contributed by atoms with E-state index in [2.05, 4.69) is 42.1 Å². The van der Waals surface area contributed by atoms with E-state index in [4.69, 9.17) is 5.11 Å². The van der Waals surface area contributed by atoms with E-state index in [1.165, 1.54) is 16.9 Å². The molecule has 1 aliphatic rings. The number of rotatable bonds is 8. The van der Waals surface area contributed by atoms with Crippen LogP contribution in [0, 0.1) is 0 Å². The number of hydrogen-bond donors (Lipinski definition) is 1. The summed E-state index contributed by atoms with van der Waals surface area (Å²) in [6.45, 7) is 8.95. The summed E-state index contributed by atoms with van der Waals surface area (Å²) < 4.78 is 1.84. The first-order valence-electron chi connectivity index (χ1n) is 9.58. The van der Waals surface area contributed by atoms with Gasteiger partial charge in [-0.05, 0) is 46.5 Å². The average Bonchev–Trinajstić information content (AvgIpc) is 3.11. The zero-order valence-corrected chi connectivity index (χ0v) is 16.6. The highest BCUT2D eigenvalue weighted by atomic mass is 16.3.